The van der Waals surface area contributed by atoms with Crippen molar-refractivity contribution in [2.24, 2.45) is 0 Å². The van der Waals surface area contributed by atoms with Crippen LogP contribution in [0.25, 0.3) is 0 Å². The van der Waals surface area contributed by atoms with Crippen molar-refractivity contribution in [2.75, 3.05) is 29.5 Å². The van der Waals surface area contributed by atoms with E-state index in [4.69, 9.17) is 5.73 Å². The zero-order chi connectivity index (χ0) is 12.3. The minimum absolute atomic E-state index is 0.340. The average molecular weight is 235 g/mol. The first-order valence-electron chi connectivity index (χ1n) is 6.32. The summed E-state index contributed by atoms with van der Waals surface area (Å²) in [6.07, 6.45) is 4.88. The molecule has 94 valence electrons. The van der Waals surface area contributed by atoms with E-state index in [-0.39, 0.29) is 0 Å². The maximum absolute atomic E-state index is 5.74. The summed E-state index contributed by atoms with van der Waals surface area (Å²) < 4.78 is 0. The van der Waals surface area contributed by atoms with E-state index < -0.39 is 0 Å². The minimum Gasteiger partial charge on any atom is -0.370 e. The average Bonchev–Trinajstić information content (AvgIpc) is 2.23. The normalized spacial score (nSPS) is 15.4. The van der Waals surface area contributed by atoms with Gasteiger partial charge in [0.05, 0.1) is 0 Å². The van der Waals surface area contributed by atoms with Gasteiger partial charge in [0.2, 0.25) is 5.95 Å². The Morgan fingerprint density at radius 2 is 2.24 bits per heavy atom. The Balaban J connectivity index is 2.12. The Labute approximate surface area is 102 Å². The fraction of sp³-hybridized carbons (Fsp3) is 0.667. The van der Waals surface area contributed by atoms with Crippen molar-refractivity contribution < 1.29 is 0 Å². The van der Waals surface area contributed by atoms with Gasteiger partial charge in [-0.25, -0.2) is 0 Å². The summed E-state index contributed by atoms with van der Waals surface area (Å²) in [5.41, 5.74) is 5.74. The van der Waals surface area contributed by atoms with Crippen molar-refractivity contribution in [2.45, 2.75) is 38.6 Å². The maximum Gasteiger partial charge on any atom is 0.223 e. The molecule has 5 heteroatoms. The molecule has 5 nitrogen and oxygen atoms in total. The fourth-order valence-corrected chi connectivity index (χ4v) is 1.94. The highest BCUT2D eigenvalue weighted by Gasteiger charge is 2.23. The van der Waals surface area contributed by atoms with Crippen molar-refractivity contribution in [1.82, 2.24) is 9.97 Å². The van der Waals surface area contributed by atoms with Gasteiger partial charge < -0.3 is 16.0 Å². The number of nitrogens with two attached hydrogens (primary N) is 1. The van der Waals surface area contributed by atoms with Crippen molar-refractivity contribution in [1.29, 1.82) is 0 Å². The predicted octanol–water partition coefficient (Wildman–Crippen LogP) is 1.87. The second-order valence-electron chi connectivity index (χ2n) is 4.59. The molecule has 0 bridgehead atoms. The standard InChI is InChI=1S/C12H21N5/c1-3-7-14-10-8-11(16-12(13)15-10)17(2)9-5-4-6-9/h8-9H,3-7H2,1-2H3,(H3,13,14,15,16). The Morgan fingerprint density at radius 3 is 2.82 bits per heavy atom. The SMILES string of the molecule is CCCNc1cc(N(C)C2CCC2)nc(N)n1. The van der Waals surface area contributed by atoms with Crippen LogP contribution in [0, 0.1) is 0 Å². The van der Waals surface area contributed by atoms with Crippen LogP contribution in [0.1, 0.15) is 32.6 Å². The number of aromatic nitrogens is 2. The molecule has 0 spiro atoms. The van der Waals surface area contributed by atoms with Crippen LogP contribution in [0.15, 0.2) is 6.07 Å². The van der Waals surface area contributed by atoms with Gasteiger partial charge in [0.25, 0.3) is 0 Å². The number of hydrogen-bond donors (Lipinski definition) is 2. The number of hydrogen-bond acceptors (Lipinski definition) is 5. The van der Waals surface area contributed by atoms with E-state index in [9.17, 15) is 0 Å². The van der Waals surface area contributed by atoms with Crippen LogP contribution >= 0.6 is 0 Å². The predicted molar refractivity (Wildman–Crippen MR) is 71.3 cm³/mol. The fourth-order valence-electron chi connectivity index (χ4n) is 1.94. The highest BCUT2D eigenvalue weighted by Crippen LogP contribution is 2.28. The first kappa shape index (κ1) is 12.0. The van der Waals surface area contributed by atoms with Crippen LogP contribution in [0.5, 0.6) is 0 Å². The molecule has 17 heavy (non-hydrogen) atoms. The molecule has 2 rings (SSSR count). The second kappa shape index (κ2) is 5.21. The summed E-state index contributed by atoms with van der Waals surface area (Å²) in [6, 6.07) is 2.59. The van der Waals surface area contributed by atoms with Crippen molar-refractivity contribution >= 4 is 17.6 Å². The molecule has 0 aliphatic heterocycles. The van der Waals surface area contributed by atoms with E-state index in [1.165, 1.54) is 19.3 Å². The first-order valence-corrected chi connectivity index (χ1v) is 6.32. The smallest absolute Gasteiger partial charge is 0.223 e. The molecule has 1 saturated carbocycles. The van der Waals surface area contributed by atoms with Crippen molar-refractivity contribution in [3.05, 3.63) is 6.07 Å². The summed E-state index contributed by atoms with van der Waals surface area (Å²) in [6.45, 7) is 3.03. The lowest BCUT2D eigenvalue weighted by molar-refractivity contribution is 0.399. The summed E-state index contributed by atoms with van der Waals surface area (Å²) in [5.74, 6) is 2.08. The zero-order valence-corrected chi connectivity index (χ0v) is 10.6. The van der Waals surface area contributed by atoms with Gasteiger partial charge >= 0.3 is 0 Å². The molecular weight excluding hydrogens is 214 g/mol. The molecule has 1 aromatic rings. The zero-order valence-electron chi connectivity index (χ0n) is 10.6. The van der Waals surface area contributed by atoms with Crippen molar-refractivity contribution in [3.63, 3.8) is 0 Å². The molecule has 0 unspecified atom stereocenters. The van der Waals surface area contributed by atoms with Gasteiger partial charge in [0.1, 0.15) is 11.6 Å². The molecule has 1 aliphatic rings. The van der Waals surface area contributed by atoms with E-state index in [0.29, 0.717) is 12.0 Å². The third-order valence-corrected chi connectivity index (χ3v) is 3.27. The molecule has 0 aromatic carbocycles. The Hall–Kier alpha value is -1.52. The van der Waals surface area contributed by atoms with E-state index in [2.05, 4.69) is 34.2 Å². The van der Waals surface area contributed by atoms with E-state index >= 15 is 0 Å². The van der Waals surface area contributed by atoms with Crippen LogP contribution in [0.4, 0.5) is 17.6 Å². The van der Waals surface area contributed by atoms with E-state index in [0.717, 1.165) is 24.6 Å². The Bertz CT molecular complexity index is 375. The highest BCUT2D eigenvalue weighted by molar-refractivity contribution is 5.52. The topological polar surface area (TPSA) is 67.1 Å². The van der Waals surface area contributed by atoms with Crippen LogP contribution < -0.4 is 16.0 Å². The first-order chi connectivity index (χ1) is 8.20. The highest BCUT2D eigenvalue weighted by atomic mass is 15.2. The third kappa shape index (κ3) is 2.78. The quantitative estimate of drug-likeness (QED) is 0.815. The largest absolute Gasteiger partial charge is 0.370 e. The summed E-state index contributed by atoms with van der Waals surface area (Å²) in [4.78, 5) is 10.7. The van der Waals surface area contributed by atoms with Crippen LogP contribution in [0.2, 0.25) is 0 Å². The molecule has 0 atom stereocenters. The van der Waals surface area contributed by atoms with Crippen molar-refractivity contribution in [3.8, 4) is 0 Å². The monoisotopic (exact) mass is 235 g/mol. The maximum atomic E-state index is 5.74. The molecule has 1 aromatic heterocycles. The lowest BCUT2D eigenvalue weighted by Crippen LogP contribution is -2.37. The number of nitrogens with zero attached hydrogens (tertiary/aromatic N) is 3. The number of nitrogen functional groups attached to an aromatic ring is 1. The van der Waals surface area contributed by atoms with Crippen LogP contribution in [-0.2, 0) is 0 Å². The third-order valence-electron chi connectivity index (χ3n) is 3.27. The van der Waals surface area contributed by atoms with Gasteiger partial charge in [-0.3, -0.25) is 0 Å². The molecule has 1 aliphatic carbocycles. The number of anilines is 3. The molecule has 3 N–H and O–H groups in total. The molecule has 0 amide bonds. The lowest BCUT2D eigenvalue weighted by Gasteiger charge is -2.35. The Morgan fingerprint density at radius 1 is 1.47 bits per heavy atom. The molecular formula is C12H21N5. The van der Waals surface area contributed by atoms with Crippen LogP contribution in [0.3, 0.4) is 0 Å². The summed E-state index contributed by atoms with van der Waals surface area (Å²) >= 11 is 0. The van der Waals surface area contributed by atoms with Crippen LogP contribution in [-0.4, -0.2) is 29.6 Å². The summed E-state index contributed by atoms with van der Waals surface area (Å²) in [5, 5.41) is 3.25. The van der Waals surface area contributed by atoms with Gasteiger partial charge in [0.15, 0.2) is 0 Å². The summed E-state index contributed by atoms with van der Waals surface area (Å²) in [7, 11) is 2.08. The van der Waals surface area contributed by atoms with E-state index in [1.54, 1.807) is 0 Å². The van der Waals surface area contributed by atoms with Gasteiger partial charge in [-0.05, 0) is 25.7 Å². The van der Waals surface area contributed by atoms with Gasteiger partial charge in [0, 0.05) is 25.7 Å². The number of rotatable bonds is 5. The second-order valence-corrected chi connectivity index (χ2v) is 4.59. The van der Waals surface area contributed by atoms with E-state index in [1.807, 2.05) is 6.07 Å². The Kier molecular flexibility index (Phi) is 3.66. The molecule has 0 saturated heterocycles. The molecule has 0 radical (unpaired) electrons. The molecule has 1 fully saturated rings. The number of nitrogens with one attached hydrogen (secondary N) is 1. The van der Waals surface area contributed by atoms with Gasteiger partial charge in [-0.1, -0.05) is 6.92 Å². The molecule has 1 heterocycles. The van der Waals surface area contributed by atoms with Gasteiger partial charge in [-0.2, -0.15) is 9.97 Å². The van der Waals surface area contributed by atoms with Gasteiger partial charge in [-0.15, -0.1) is 0 Å². The minimum atomic E-state index is 0.340. The lowest BCUT2D eigenvalue weighted by atomic mass is 9.92.